The monoisotopic (exact) mass is 235 g/mol. The van der Waals surface area contributed by atoms with Crippen LogP contribution in [0.2, 0.25) is 0 Å². The van der Waals surface area contributed by atoms with E-state index in [0.717, 1.165) is 10.4 Å². The van der Waals surface area contributed by atoms with Crippen LogP contribution in [-0.2, 0) is 0 Å². The number of anilines is 1. The molecular formula is C11H13N3OS. The zero-order valence-electron chi connectivity index (χ0n) is 9.26. The van der Waals surface area contributed by atoms with Gasteiger partial charge in [-0.15, -0.1) is 17.9 Å². The maximum Gasteiger partial charge on any atom is 0.320 e. The third kappa shape index (κ3) is 2.61. The fourth-order valence-corrected chi connectivity index (χ4v) is 2.17. The van der Waals surface area contributed by atoms with Crippen molar-refractivity contribution >= 4 is 22.4 Å². The summed E-state index contributed by atoms with van der Waals surface area (Å²) in [6, 6.07) is 1.77. The molecule has 1 aromatic rings. The summed E-state index contributed by atoms with van der Waals surface area (Å²) in [4.78, 5) is 12.4. The van der Waals surface area contributed by atoms with Crippen LogP contribution >= 0.6 is 11.3 Å². The number of rotatable bonds is 3. The van der Waals surface area contributed by atoms with Crippen LogP contribution in [0.5, 0.6) is 0 Å². The lowest BCUT2D eigenvalue weighted by atomic mass is 10.2. The number of aryl methyl sites for hydroxylation is 1. The lowest BCUT2D eigenvalue weighted by molar-refractivity contribution is 0.253. The van der Waals surface area contributed by atoms with E-state index in [1.807, 2.05) is 13.8 Å². The number of hydrogen-bond acceptors (Lipinski definition) is 3. The van der Waals surface area contributed by atoms with E-state index in [2.05, 4.69) is 23.3 Å². The zero-order valence-corrected chi connectivity index (χ0v) is 10.1. The van der Waals surface area contributed by atoms with E-state index in [-0.39, 0.29) is 6.03 Å². The predicted molar refractivity (Wildman–Crippen MR) is 65.7 cm³/mol. The van der Waals surface area contributed by atoms with Crippen LogP contribution < -0.4 is 10.6 Å². The topological polar surface area (TPSA) is 64.9 Å². The predicted octanol–water partition coefficient (Wildman–Crippen LogP) is 2.54. The van der Waals surface area contributed by atoms with Crippen molar-refractivity contribution in [1.82, 2.24) is 5.32 Å². The van der Waals surface area contributed by atoms with Gasteiger partial charge < -0.3 is 5.32 Å². The molecule has 2 N–H and O–H groups in total. The molecule has 0 saturated carbocycles. The summed E-state index contributed by atoms with van der Waals surface area (Å²) in [5.74, 6) is 0. The molecule has 1 aromatic heterocycles. The molecule has 0 radical (unpaired) electrons. The van der Waals surface area contributed by atoms with Gasteiger partial charge >= 0.3 is 6.03 Å². The number of nitrogens with one attached hydrogen (secondary N) is 2. The molecule has 0 fully saturated rings. The number of thiophene rings is 1. The summed E-state index contributed by atoms with van der Waals surface area (Å²) in [6.45, 7) is 7.70. The molecule has 0 aliphatic heterocycles. The molecule has 0 unspecified atom stereocenters. The van der Waals surface area contributed by atoms with Crippen molar-refractivity contribution in [3.8, 4) is 6.07 Å². The molecule has 0 aliphatic rings. The summed E-state index contributed by atoms with van der Waals surface area (Å²) < 4.78 is 0. The summed E-state index contributed by atoms with van der Waals surface area (Å²) in [5, 5.41) is 14.8. The highest BCUT2D eigenvalue weighted by molar-refractivity contribution is 7.16. The van der Waals surface area contributed by atoms with Crippen LogP contribution in [0.1, 0.15) is 16.0 Å². The quantitative estimate of drug-likeness (QED) is 0.791. The van der Waals surface area contributed by atoms with Gasteiger partial charge in [0.25, 0.3) is 0 Å². The maximum absolute atomic E-state index is 11.4. The van der Waals surface area contributed by atoms with E-state index in [1.165, 1.54) is 11.3 Å². The highest BCUT2D eigenvalue weighted by Crippen LogP contribution is 2.31. The van der Waals surface area contributed by atoms with Crippen LogP contribution in [0.3, 0.4) is 0 Å². The minimum Gasteiger partial charge on any atom is -0.334 e. The molecule has 0 saturated heterocycles. The van der Waals surface area contributed by atoms with Gasteiger partial charge in [-0.2, -0.15) is 5.26 Å². The Bertz CT molecular complexity index is 457. The summed E-state index contributed by atoms with van der Waals surface area (Å²) in [5.41, 5.74) is 1.46. The Morgan fingerprint density at radius 1 is 1.62 bits per heavy atom. The molecule has 0 atom stereocenters. The number of carbonyl (C=O) groups is 1. The van der Waals surface area contributed by atoms with Crippen molar-refractivity contribution < 1.29 is 4.79 Å². The van der Waals surface area contributed by atoms with Crippen LogP contribution in [0.25, 0.3) is 0 Å². The second kappa shape index (κ2) is 5.33. The first-order chi connectivity index (χ1) is 7.60. The fourth-order valence-electron chi connectivity index (χ4n) is 1.16. The second-order valence-electron chi connectivity index (χ2n) is 3.22. The van der Waals surface area contributed by atoms with Crippen LogP contribution in [0, 0.1) is 25.2 Å². The Kier molecular flexibility index (Phi) is 4.09. The summed E-state index contributed by atoms with van der Waals surface area (Å²) in [6.07, 6.45) is 1.59. The molecule has 1 rings (SSSR count). The first-order valence-electron chi connectivity index (χ1n) is 4.76. The number of amides is 2. The molecule has 1 heterocycles. The molecule has 5 heteroatoms. The van der Waals surface area contributed by atoms with Gasteiger partial charge in [-0.25, -0.2) is 4.79 Å². The lowest BCUT2D eigenvalue weighted by Gasteiger charge is -2.03. The standard InChI is InChI=1S/C11H13N3OS/c1-4-5-13-11(15)14-10-9(6-12)7(2)8(3)16-10/h4H,1,5H2,2-3H3,(H2,13,14,15). The minimum absolute atomic E-state index is 0.322. The van der Waals surface area contributed by atoms with Gasteiger partial charge in [-0.05, 0) is 19.4 Å². The summed E-state index contributed by atoms with van der Waals surface area (Å²) in [7, 11) is 0. The molecular weight excluding hydrogens is 222 g/mol. The Hall–Kier alpha value is -1.80. The SMILES string of the molecule is C=CCNC(=O)Nc1sc(C)c(C)c1C#N. The number of urea groups is 1. The molecule has 0 aliphatic carbocycles. The van der Waals surface area contributed by atoms with Gasteiger partial charge in [0, 0.05) is 11.4 Å². The van der Waals surface area contributed by atoms with Gasteiger partial charge in [0.1, 0.15) is 11.1 Å². The van der Waals surface area contributed by atoms with Crippen molar-refractivity contribution in [3.05, 3.63) is 28.7 Å². The summed E-state index contributed by atoms with van der Waals surface area (Å²) >= 11 is 1.41. The van der Waals surface area contributed by atoms with Crippen LogP contribution in [0.4, 0.5) is 9.80 Å². The van der Waals surface area contributed by atoms with Crippen molar-refractivity contribution in [2.45, 2.75) is 13.8 Å². The maximum atomic E-state index is 11.4. The van der Waals surface area contributed by atoms with E-state index < -0.39 is 0 Å². The van der Waals surface area contributed by atoms with Gasteiger partial charge in [-0.3, -0.25) is 5.32 Å². The van der Waals surface area contributed by atoms with E-state index in [9.17, 15) is 4.79 Å². The van der Waals surface area contributed by atoms with Crippen molar-refractivity contribution in [2.75, 3.05) is 11.9 Å². The molecule has 16 heavy (non-hydrogen) atoms. The van der Waals surface area contributed by atoms with Crippen LogP contribution in [0.15, 0.2) is 12.7 Å². The first-order valence-corrected chi connectivity index (χ1v) is 5.57. The Labute approximate surface area is 98.6 Å². The average Bonchev–Trinajstić information content (AvgIpc) is 2.51. The van der Waals surface area contributed by atoms with Gasteiger partial charge in [-0.1, -0.05) is 6.08 Å². The van der Waals surface area contributed by atoms with Crippen molar-refractivity contribution in [1.29, 1.82) is 5.26 Å². The smallest absolute Gasteiger partial charge is 0.320 e. The van der Waals surface area contributed by atoms with Gasteiger partial charge in [0.2, 0.25) is 0 Å². The molecule has 0 bridgehead atoms. The third-order valence-electron chi connectivity index (χ3n) is 2.13. The highest BCUT2D eigenvalue weighted by Gasteiger charge is 2.13. The Morgan fingerprint density at radius 2 is 2.31 bits per heavy atom. The zero-order chi connectivity index (χ0) is 12.1. The Morgan fingerprint density at radius 3 is 2.88 bits per heavy atom. The number of hydrogen-bond donors (Lipinski definition) is 2. The normalized spacial score (nSPS) is 9.31. The Balaban J connectivity index is 2.82. The van der Waals surface area contributed by atoms with Gasteiger partial charge in [0.15, 0.2) is 0 Å². The van der Waals surface area contributed by atoms with Crippen molar-refractivity contribution in [2.24, 2.45) is 0 Å². The first kappa shape index (κ1) is 12.3. The average molecular weight is 235 g/mol. The lowest BCUT2D eigenvalue weighted by Crippen LogP contribution is -2.28. The van der Waals surface area contributed by atoms with E-state index in [0.29, 0.717) is 17.1 Å². The highest BCUT2D eigenvalue weighted by atomic mass is 32.1. The third-order valence-corrected chi connectivity index (χ3v) is 3.25. The molecule has 4 nitrogen and oxygen atoms in total. The largest absolute Gasteiger partial charge is 0.334 e. The fraction of sp³-hybridized carbons (Fsp3) is 0.273. The molecule has 2 amide bonds. The van der Waals surface area contributed by atoms with Gasteiger partial charge in [0.05, 0.1) is 5.56 Å². The second-order valence-corrected chi connectivity index (χ2v) is 4.45. The van der Waals surface area contributed by atoms with E-state index >= 15 is 0 Å². The molecule has 0 aromatic carbocycles. The van der Waals surface area contributed by atoms with Crippen LogP contribution in [-0.4, -0.2) is 12.6 Å². The van der Waals surface area contributed by atoms with Crippen molar-refractivity contribution in [3.63, 3.8) is 0 Å². The number of carbonyl (C=O) groups excluding carboxylic acids is 1. The number of nitrogens with zero attached hydrogens (tertiary/aromatic N) is 1. The number of nitriles is 1. The molecule has 84 valence electrons. The van der Waals surface area contributed by atoms with E-state index in [4.69, 9.17) is 5.26 Å². The molecule has 0 spiro atoms. The minimum atomic E-state index is -0.322. The van der Waals surface area contributed by atoms with E-state index in [1.54, 1.807) is 6.08 Å².